The SMILES string of the molecule is CC(C)(C)OC(=O)N1Cc2ncn(C(=O)OC(C)(C)C)c2C[C@H]1C(=O)O. The van der Waals surface area contributed by atoms with Crippen LogP contribution in [0, 0.1) is 0 Å². The van der Waals surface area contributed by atoms with Gasteiger partial charge in [0.25, 0.3) is 0 Å². The second-order valence-corrected chi connectivity index (χ2v) is 8.15. The Morgan fingerprint density at radius 3 is 2.12 bits per heavy atom. The third-order valence-corrected chi connectivity index (χ3v) is 3.54. The molecule has 1 amide bonds. The number of hydrogen-bond donors (Lipinski definition) is 1. The molecule has 144 valence electrons. The number of hydrogen-bond acceptors (Lipinski definition) is 6. The topological polar surface area (TPSA) is 111 Å². The molecule has 26 heavy (non-hydrogen) atoms. The van der Waals surface area contributed by atoms with Gasteiger partial charge in [0.15, 0.2) is 0 Å². The highest BCUT2D eigenvalue weighted by Gasteiger charge is 2.40. The molecule has 9 nitrogen and oxygen atoms in total. The average Bonchev–Trinajstić information content (AvgIpc) is 2.84. The molecule has 0 aliphatic carbocycles. The second kappa shape index (κ2) is 6.62. The fourth-order valence-electron chi connectivity index (χ4n) is 2.53. The fraction of sp³-hybridized carbons (Fsp3) is 0.647. The molecule has 0 bridgehead atoms. The highest BCUT2D eigenvalue weighted by atomic mass is 16.6. The standard InChI is InChI=1S/C17H25N3O6/c1-16(2,3)25-14(23)19-8-10-11(7-12(19)13(21)22)20(9-18-10)15(24)26-17(4,5)6/h9,12H,7-8H2,1-6H3,(H,21,22)/t12-/m0/s1. The van der Waals surface area contributed by atoms with E-state index >= 15 is 0 Å². The van der Waals surface area contributed by atoms with Crippen molar-refractivity contribution in [2.75, 3.05) is 0 Å². The summed E-state index contributed by atoms with van der Waals surface area (Å²) in [5.74, 6) is -1.18. The van der Waals surface area contributed by atoms with Crippen LogP contribution in [0.15, 0.2) is 6.33 Å². The summed E-state index contributed by atoms with van der Waals surface area (Å²) in [6.07, 6.45) is -0.150. The number of ether oxygens (including phenoxy) is 2. The molecular formula is C17H25N3O6. The third-order valence-electron chi connectivity index (χ3n) is 3.54. The number of imidazole rings is 1. The molecule has 0 unspecified atom stereocenters. The fourth-order valence-corrected chi connectivity index (χ4v) is 2.53. The number of carboxylic acids is 1. The van der Waals surface area contributed by atoms with Gasteiger partial charge in [-0.1, -0.05) is 0 Å². The molecule has 2 heterocycles. The summed E-state index contributed by atoms with van der Waals surface area (Å²) in [6.45, 7) is 10.3. The number of carbonyl (C=O) groups excluding carboxylic acids is 2. The second-order valence-electron chi connectivity index (χ2n) is 8.15. The molecule has 1 atom stereocenters. The summed E-state index contributed by atoms with van der Waals surface area (Å²) in [5.41, 5.74) is -0.584. The van der Waals surface area contributed by atoms with Crippen LogP contribution in [0.2, 0.25) is 0 Å². The molecule has 0 aromatic carbocycles. The molecule has 0 radical (unpaired) electrons. The quantitative estimate of drug-likeness (QED) is 0.811. The molecule has 1 aliphatic rings. The van der Waals surface area contributed by atoms with Crippen molar-refractivity contribution in [1.29, 1.82) is 0 Å². The van der Waals surface area contributed by atoms with E-state index in [9.17, 15) is 19.5 Å². The molecule has 0 spiro atoms. The largest absolute Gasteiger partial charge is 0.480 e. The number of amides is 1. The summed E-state index contributed by atoms with van der Waals surface area (Å²) in [5, 5.41) is 9.54. The lowest BCUT2D eigenvalue weighted by Gasteiger charge is -2.34. The van der Waals surface area contributed by atoms with Crippen LogP contribution in [-0.2, 0) is 27.2 Å². The molecule has 9 heteroatoms. The number of carboxylic acid groups (broad SMARTS) is 1. The first-order chi connectivity index (χ1) is 11.8. The maximum absolute atomic E-state index is 12.4. The molecule has 0 fully saturated rings. The Labute approximate surface area is 151 Å². The van der Waals surface area contributed by atoms with Crippen LogP contribution < -0.4 is 0 Å². The Morgan fingerprint density at radius 1 is 1.08 bits per heavy atom. The monoisotopic (exact) mass is 367 g/mol. The Kier molecular flexibility index (Phi) is 5.03. The zero-order valence-electron chi connectivity index (χ0n) is 15.9. The molecular weight excluding hydrogens is 342 g/mol. The molecule has 0 saturated carbocycles. The van der Waals surface area contributed by atoms with Crippen molar-refractivity contribution in [3.63, 3.8) is 0 Å². The van der Waals surface area contributed by atoms with Crippen molar-refractivity contribution in [2.45, 2.75) is 71.8 Å². The van der Waals surface area contributed by atoms with Gasteiger partial charge >= 0.3 is 18.2 Å². The minimum atomic E-state index is -1.18. The lowest BCUT2D eigenvalue weighted by molar-refractivity contribution is -0.143. The van der Waals surface area contributed by atoms with Crippen LogP contribution in [0.5, 0.6) is 0 Å². The van der Waals surface area contributed by atoms with Crippen LogP contribution in [0.1, 0.15) is 52.9 Å². The number of fused-ring (bicyclic) bond motifs is 1. The van der Waals surface area contributed by atoms with Gasteiger partial charge in [-0.05, 0) is 41.5 Å². The zero-order chi connectivity index (χ0) is 19.9. The minimum Gasteiger partial charge on any atom is -0.480 e. The smallest absolute Gasteiger partial charge is 0.420 e. The molecule has 1 aromatic heterocycles. The Bertz CT molecular complexity index is 726. The number of aromatic nitrogens is 2. The molecule has 1 aromatic rings. The Morgan fingerprint density at radius 2 is 1.62 bits per heavy atom. The van der Waals surface area contributed by atoms with E-state index in [-0.39, 0.29) is 13.0 Å². The van der Waals surface area contributed by atoms with E-state index in [0.29, 0.717) is 11.4 Å². The average molecular weight is 367 g/mol. The first-order valence-electron chi connectivity index (χ1n) is 8.29. The first kappa shape index (κ1) is 19.7. The lowest BCUT2D eigenvalue weighted by atomic mass is 10.0. The van der Waals surface area contributed by atoms with E-state index in [4.69, 9.17) is 9.47 Å². The van der Waals surface area contributed by atoms with Gasteiger partial charge in [-0.2, -0.15) is 0 Å². The number of aliphatic carboxylic acids is 1. The highest BCUT2D eigenvalue weighted by Crippen LogP contribution is 2.25. The van der Waals surface area contributed by atoms with Crippen LogP contribution in [-0.4, -0.2) is 55.0 Å². The first-order valence-corrected chi connectivity index (χ1v) is 8.29. The summed E-state index contributed by atoms with van der Waals surface area (Å²) in [7, 11) is 0. The zero-order valence-corrected chi connectivity index (χ0v) is 15.9. The highest BCUT2D eigenvalue weighted by molar-refractivity contribution is 5.81. The van der Waals surface area contributed by atoms with Gasteiger partial charge in [0.2, 0.25) is 0 Å². The Hall–Kier alpha value is -2.58. The van der Waals surface area contributed by atoms with Gasteiger partial charge in [0, 0.05) is 6.42 Å². The van der Waals surface area contributed by atoms with Gasteiger partial charge in [0.1, 0.15) is 23.6 Å². The predicted molar refractivity (Wildman–Crippen MR) is 90.8 cm³/mol. The maximum atomic E-state index is 12.4. The summed E-state index contributed by atoms with van der Waals surface area (Å²) in [4.78, 5) is 41.6. The van der Waals surface area contributed by atoms with Crippen molar-refractivity contribution in [1.82, 2.24) is 14.5 Å². The van der Waals surface area contributed by atoms with E-state index < -0.39 is 35.4 Å². The maximum Gasteiger partial charge on any atom is 0.420 e. The summed E-state index contributed by atoms with van der Waals surface area (Å²) < 4.78 is 11.8. The minimum absolute atomic E-state index is 0.0585. The lowest BCUT2D eigenvalue weighted by Crippen LogP contribution is -2.50. The summed E-state index contributed by atoms with van der Waals surface area (Å²) >= 11 is 0. The number of nitrogens with zero attached hydrogens (tertiary/aromatic N) is 3. The van der Waals surface area contributed by atoms with E-state index in [2.05, 4.69) is 4.98 Å². The van der Waals surface area contributed by atoms with Crippen LogP contribution in [0.25, 0.3) is 0 Å². The van der Waals surface area contributed by atoms with Gasteiger partial charge in [0.05, 0.1) is 17.9 Å². The predicted octanol–water partition coefficient (Wildman–Crippen LogP) is 2.41. The molecule has 1 aliphatic heterocycles. The Balaban J connectivity index is 2.31. The van der Waals surface area contributed by atoms with E-state index in [0.717, 1.165) is 4.90 Å². The van der Waals surface area contributed by atoms with Gasteiger partial charge in [-0.25, -0.2) is 23.9 Å². The normalized spacial score (nSPS) is 17.5. The van der Waals surface area contributed by atoms with Crippen LogP contribution in [0.4, 0.5) is 9.59 Å². The number of rotatable bonds is 1. The van der Waals surface area contributed by atoms with Crippen molar-refractivity contribution in [3.8, 4) is 0 Å². The third kappa shape index (κ3) is 4.53. The van der Waals surface area contributed by atoms with E-state index in [1.54, 1.807) is 41.5 Å². The van der Waals surface area contributed by atoms with Crippen molar-refractivity contribution in [2.24, 2.45) is 0 Å². The van der Waals surface area contributed by atoms with Gasteiger partial charge in [-0.15, -0.1) is 0 Å². The van der Waals surface area contributed by atoms with E-state index in [1.807, 2.05) is 0 Å². The van der Waals surface area contributed by atoms with Gasteiger partial charge in [-0.3, -0.25) is 4.90 Å². The van der Waals surface area contributed by atoms with Crippen molar-refractivity contribution >= 4 is 18.2 Å². The van der Waals surface area contributed by atoms with E-state index in [1.165, 1.54) is 10.9 Å². The van der Waals surface area contributed by atoms with Crippen molar-refractivity contribution in [3.05, 3.63) is 17.7 Å². The molecule has 1 N–H and O–H groups in total. The molecule has 0 saturated heterocycles. The van der Waals surface area contributed by atoms with Crippen LogP contribution >= 0.6 is 0 Å². The van der Waals surface area contributed by atoms with Gasteiger partial charge < -0.3 is 14.6 Å². The van der Waals surface area contributed by atoms with Crippen molar-refractivity contribution < 1.29 is 29.0 Å². The molecule has 2 rings (SSSR count). The number of carbonyl (C=O) groups is 3. The van der Waals surface area contributed by atoms with Crippen LogP contribution in [0.3, 0.4) is 0 Å². The summed E-state index contributed by atoms with van der Waals surface area (Å²) in [6, 6.07) is -1.16.